The minimum atomic E-state index is -4.63. The first-order valence-corrected chi connectivity index (χ1v) is 10.3. The van der Waals surface area contributed by atoms with Crippen LogP contribution < -0.4 is 5.32 Å². The Bertz CT molecular complexity index is 887. The molecular formula is C13H17IN5O5P. The first-order chi connectivity index (χ1) is 11.8. The molecule has 0 bridgehead atoms. The first kappa shape index (κ1) is 17.6. The maximum atomic E-state index is 11.3. The lowest BCUT2D eigenvalue weighted by molar-refractivity contribution is 0.0521. The second-order valence-electron chi connectivity index (χ2n) is 6.50. The molecule has 2 aromatic rings. The molecule has 0 saturated heterocycles. The molecule has 2 aromatic heterocycles. The van der Waals surface area contributed by atoms with Crippen LogP contribution in [0.5, 0.6) is 0 Å². The molecule has 2 aliphatic carbocycles. The van der Waals surface area contributed by atoms with Crippen LogP contribution in [0.2, 0.25) is 0 Å². The van der Waals surface area contributed by atoms with E-state index < -0.39 is 19.3 Å². The summed E-state index contributed by atoms with van der Waals surface area (Å²) in [6, 6.07) is -0.0934. The van der Waals surface area contributed by atoms with Crippen LogP contribution in [0.1, 0.15) is 18.9 Å². The summed E-state index contributed by atoms with van der Waals surface area (Å²) in [5.41, 5.74) is 0.691. The van der Waals surface area contributed by atoms with E-state index in [0.29, 0.717) is 33.7 Å². The maximum absolute atomic E-state index is 11.3. The Morgan fingerprint density at radius 3 is 2.92 bits per heavy atom. The molecule has 4 rings (SSSR count). The van der Waals surface area contributed by atoms with Crippen LogP contribution in [-0.2, 0) is 9.09 Å². The highest BCUT2D eigenvalue weighted by molar-refractivity contribution is 14.1. The third kappa shape index (κ3) is 2.77. The van der Waals surface area contributed by atoms with Gasteiger partial charge >= 0.3 is 7.82 Å². The largest absolute Gasteiger partial charge is 0.469 e. The van der Waals surface area contributed by atoms with Gasteiger partial charge in [-0.15, -0.1) is 0 Å². The van der Waals surface area contributed by atoms with E-state index in [0.717, 1.165) is 0 Å². The number of nitrogens with one attached hydrogen (secondary N) is 1. The highest BCUT2D eigenvalue weighted by Crippen LogP contribution is 2.70. The van der Waals surface area contributed by atoms with E-state index in [2.05, 4.69) is 20.3 Å². The minimum Gasteiger partial charge on any atom is -0.396 e. The van der Waals surface area contributed by atoms with E-state index in [-0.39, 0.29) is 18.6 Å². The third-order valence-corrected chi connectivity index (χ3v) is 6.30. The van der Waals surface area contributed by atoms with Crippen LogP contribution in [0.25, 0.3) is 11.2 Å². The zero-order valence-corrected chi connectivity index (χ0v) is 16.3. The van der Waals surface area contributed by atoms with Gasteiger partial charge in [0.25, 0.3) is 0 Å². The number of aliphatic hydroxyl groups excluding tert-OH is 1. The summed E-state index contributed by atoms with van der Waals surface area (Å²) in [5, 5.41) is 12.8. The summed E-state index contributed by atoms with van der Waals surface area (Å²) in [4.78, 5) is 31.5. The zero-order chi connectivity index (χ0) is 18.0. The van der Waals surface area contributed by atoms with Crippen LogP contribution >= 0.6 is 30.4 Å². The first-order valence-electron chi connectivity index (χ1n) is 7.71. The fourth-order valence-corrected chi connectivity index (χ4v) is 5.17. The van der Waals surface area contributed by atoms with E-state index in [1.807, 2.05) is 27.2 Å². The van der Waals surface area contributed by atoms with Crippen molar-refractivity contribution in [2.24, 2.45) is 11.3 Å². The number of nitrogens with zero attached hydrogens (tertiary/aromatic N) is 4. The summed E-state index contributed by atoms with van der Waals surface area (Å²) < 4.78 is 18.7. The maximum Gasteiger partial charge on any atom is 0.469 e. The molecule has 0 radical (unpaired) electrons. The molecule has 25 heavy (non-hydrogen) atoms. The number of aliphatic hydroxyl groups is 1. The Balaban J connectivity index is 1.73. The molecule has 12 heteroatoms. The van der Waals surface area contributed by atoms with Crippen molar-refractivity contribution in [1.82, 2.24) is 19.5 Å². The molecule has 0 spiro atoms. The molecular weight excluding hydrogens is 464 g/mol. The summed E-state index contributed by atoms with van der Waals surface area (Å²) in [5.74, 6) is 0.690. The quantitative estimate of drug-likeness (QED) is 0.278. The van der Waals surface area contributed by atoms with E-state index in [1.165, 1.54) is 0 Å². The van der Waals surface area contributed by atoms with Gasteiger partial charge in [-0.2, -0.15) is 0 Å². The van der Waals surface area contributed by atoms with Gasteiger partial charge in [-0.3, -0.25) is 4.52 Å². The Kier molecular flexibility index (Phi) is 4.09. The summed E-state index contributed by atoms with van der Waals surface area (Å²) in [7, 11) is -2.87. The molecule has 2 fully saturated rings. The molecule has 2 heterocycles. The lowest BCUT2D eigenvalue weighted by Gasteiger charge is -2.22. The van der Waals surface area contributed by atoms with Crippen LogP contribution in [-0.4, -0.2) is 54.2 Å². The molecule has 4 atom stereocenters. The predicted molar refractivity (Wildman–Crippen MR) is 95.8 cm³/mol. The van der Waals surface area contributed by atoms with Crippen LogP contribution in [0.4, 0.5) is 5.82 Å². The van der Waals surface area contributed by atoms with Crippen molar-refractivity contribution in [3.05, 3.63) is 10.2 Å². The van der Waals surface area contributed by atoms with Crippen molar-refractivity contribution in [2.75, 3.05) is 19.0 Å². The second kappa shape index (κ2) is 5.83. The predicted octanol–water partition coefficient (Wildman–Crippen LogP) is 0.894. The van der Waals surface area contributed by atoms with E-state index >= 15 is 0 Å². The van der Waals surface area contributed by atoms with Gasteiger partial charge in [-0.25, -0.2) is 19.5 Å². The van der Waals surface area contributed by atoms with E-state index in [9.17, 15) is 19.5 Å². The number of anilines is 1. The molecule has 0 unspecified atom stereocenters. The van der Waals surface area contributed by atoms with Gasteiger partial charge < -0.3 is 24.8 Å². The van der Waals surface area contributed by atoms with Gasteiger partial charge in [0.1, 0.15) is 0 Å². The van der Waals surface area contributed by atoms with Gasteiger partial charge in [-0.05, 0) is 18.8 Å². The SMILES string of the molecule is CNc1nc(I)nc2c1ncn2[C@@H]1C[C@H](OP(=O)(O)O)[C@]2(CO)C[C@H]12. The molecule has 10 nitrogen and oxygen atoms in total. The summed E-state index contributed by atoms with van der Waals surface area (Å²) >= 11 is 2.03. The molecule has 4 N–H and O–H groups in total. The minimum absolute atomic E-state index is 0.0668. The van der Waals surface area contributed by atoms with Crippen molar-refractivity contribution in [2.45, 2.75) is 25.0 Å². The van der Waals surface area contributed by atoms with Gasteiger partial charge in [0.05, 0.1) is 19.0 Å². The summed E-state index contributed by atoms with van der Waals surface area (Å²) in [6.07, 6.45) is 2.01. The van der Waals surface area contributed by atoms with Crippen LogP contribution in [0, 0.1) is 15.2 Å². The smallest absolute Gasteiger partial charge is 0.396 e. The van der Waals surface area contributed by atoms with E-state index in [1.54, 1.807) is 13.4 Å². The zero-order valence-electron chi connectivity index (χ0n) is 13.2. The number of phosphoric ester groups is 1. The highest BCUT2D eigenvalue weighted by Gasteiger charge is 2.69. The number of fused-ring (bicyclic) bond motifs is 2. The number of rotatable bonds is 5. The lowest BCUT2D eigenvalue weighted by Crippen LogP contribution is -2.25. The molecule has 0 aliphatic heterocycles. The normalized spacial score (nSPS) is 31.3. The second-order valence-corrected chi connectivity index (χ2v) is 8.66. The fourth-order valence-electron chi connectivity index (χ4n) is 4.07. The third-order valence-electron chi connectivity index (χ3n) is 5.29. The number of hydrogen-bond donors (Lipinski definition) is 4. The van der Waals surface area contributed by atoms with Gasteiger partial charge in [0.2, 0.25) is 0 Å². The Morgan fingerprint density at radius 1 is 1.52 bits per heavy atom. The Labute approximate surface area is 156 Å². The number of halogens is 1. The Hall–Kier alpha value is -0.850. The molecule has 0 amide bonds. The number of phosphoric acid groups is 1. The number of imidazole rings is 1. The Morgan fingerprint density at radius 2 is 2.28 bits per heavy atom. The van der Waals surface area contributed by atoms with Crippen molar-refractivity contribution in [1.29, 1.82) is 0 Å². The summed E-state index contributed by atoms with van der Waals surface area (Å²) in [6.45, 7) is -0.167. The fraction of sp³-hybridized carbons (Fsp3) is 0.615. The van der Waals surface area contributed by atoms with Gasteiger partial charge in [0.15, 0.2) is 20.8 Å². The number of aromatic nitrogens is 4. The van der Waals surface area contributed by atoms with Crippen LogP contribution in [0.15, 0.2) is 6.33 Å². The molecule has 0 aromatic carbocycles. The van der Waals surface area contributed by atoms with Crippen molar-refractivity contribution < 1.29 is 24.0 Å². The van der Waals surface area contributed by atoms with Crippen molar-refractivity contribution in [3.8, 4) is 0 Å². The standard InChI is InChI=1S/C13H17IN5O5P/c1-15-10-9-11(18-12(14)17-10)19(5-16-9)7-2-8(24-25(21,22)23)13(4-20)3-6(7)13/h5-8,20H,2-4H2,1H3,(H,15,17,18)(H2,21,22,23)/t6-,7-,8+,13+/m1/s1. The monoisotopic (exact) mass is 481 g/mol. The highest BCUT2D eigenvalue weighted by atomic mass is 127. The lowest BCUT2D eigenvalue weighted by atomic mass is 10.0. The average molecular weight is 481 g/mol. The topological polar surface area (TPSA) is 143 Å². The van der Waals surface area contributed by atoms with E-state index in [4.69, 9.17) is 4.52 Å². The number of hydrogen-bond acceptors (Lipinski definition) is 7. The molecule has 2 saturated carbocycles. The van der Waals surface area contributed by atoms with Crippen molar-refractivity contribution >= 4 is 47.4 Å². The van der Waals surface area contributed by atoms with Crippen molar-refractivity contribution in [3.63, 3.8) is 0 Å². The van der Waals surface area contributed by atoms with Gasteiger partial charge in [-0.1, -0.05) is 0 Å². The van der Waals surface area contributed by atoms with Gasteiger partial charge in [0, 0.05) is 41.1 Å². The molecule has 136 valence electrons. The van der Waals surface area contributed by atoms with Crippen LogP contribution in [0.3, 0.4) is 0 Å². The average Bonchev–Trinajstić information content (AvgIpc) is 3.03. The molecule has 2 aliphatic rings.